The molecular weight excluding hydrogens is 280 g/mol. The highest BCUT2D eigenvalue weighted by Gasteiger charge is 2.59. The molecule has 126 valence electrons. The molecule has 1 nitrogen and oxygen atoms in total. The zero-order chi connectivity index (χ0) is 16.2. The Labute approximate surface area is 141 Å². The molecule has 0 aliphatic heterocycles. The van der Waals surface area contributed by atoms with Crippen molar-refractivity contribution in [3.8, 4) is 0 Å². The molecule has 2 fully saturated rings. The topological polar surface area (TPSA) is 17.1 Å². The summed E-state index contributed by atoms with van der Waals surface area (Å²) in [6.07, 6.45) is 16.9. The fraction of sp³-hybridized carbons (Fsp3) is 0.773. The van der Waals surface area contributed by atoms with E-state index in [1.165, 1.54) is 32.1 Å². The maximum absolute atomic E-state index is 12.5. The molecule has 0 heterocycles. The summed E-state index contributed by atoms with van der Waals surface area (Å²) in [6.45, 7) is 7.19. The zero-order valence-corrected chi connectivity index (χ0v) is 15.1. The minimum Gasteiger partial charge on any atom is -0.299 e. The second kappa shape index (κ2) is 5.33. The molecule has 0 saturated heterocycles. The van der Waals surface area contributed by atoms with Gasteiger partial charge in [0.25, 0.3) is 0 Å². The molecule has 1 heteroatoms. The standard InChI is InChI=1S/C22H32O/c1-4-6-15-7-5-8-16-9-10-17-18-11-12-20(23)21(18,2)14-13-19(17)22(15,16)3/h5,8-9,15,17-19H,4,6-7,10-14H2,1-3H3/t15?,17-,18-,19-,21-,22-/m0/s1. The minimum absolute atomic E-state index is 0.00757. The van der Waals surface area contributed by atoms with Crippen LogP contribution in [0, 0.1) is 34.5 Å². The molecule has 2 saturated carbocycles. The molecule has 4 aliphatic rings. The van der Waals surface area contributed by atoms with Crippen LogP contribution in [0.2, 0.25) is 0 Å². The van der Waals surface area contributed by atoms with Crippen molar-refractivity contribution in [1.82, 2.24) is 0 Å². The summed E-state index contributed by atoms with van der Waals surface area (Å²) in [7, 11) is 0. The number of carbonyl (C=O) groups excluding carboxylic acids is 1. The molecule has 1 unspecified atom stereocenters. The highest BCUT2D eigenvalue weighted by Crippen LogP contribution is 2.64. The Balaban J connectivity index is 1.73. The molecule has 0 spiro atoms. The van der Waals surface area contributed by atoms with Gasteiger partial charge in [-0.1, -0.05) is 45.4 Å². The Bertz CT molecular complexity index is 571. The lowest BCUT2D eigenvalue weighted by molar-refractivity contribution is -0.132. The summed E-state index contributed by atoms with van der Waals surface area (Å²) in [5, 5.41) is 0. The molecule has 4 rings (SSSR count). The number of hydrogen-bond acceptors (Lipinski definition) is 1. The summed E-state index contributed by atoms with van der Waals surface area (Å²) in [6, 6.07) is 0. The average Bonchev–Trinajstić information content (AvgIpc) is 2.84. The van der Waals surface area contributed by atoms with Crippen molar-refractivity contribution < 1.29 is 4.79 Å². The van der Waals surface area contributed by atoms with Crippen LogP contribution in [0.3, 0.4) is 0 Å². The molecule has 4 aliphatic carbocycles. The molecule has 0 aromatic carbocycles. The lowest BCUT2D eigenvalue weighted by atomic mass is 9.46. The van der Waals surface area contributed by atoms with Crippen LogP contribution >= 0.6 is 0 Å². The monoisotopic (exact) mass is 312 g/mol. The van der Waals surface area contributed by atoms with Crippen LogP contribution in [0.4, 0.5) is 0 Å². The Hall–Kier alpha value is -0.850. The molecule has 0 aromatic rings. The van der Waals surface area contributed by atoms with E-state index in [4.69, 9.17) is 0 Å². The maximum Gasteiger partial charge on any atom is 0.139 e. The van der Waals surface area contributed by atoms with E-state index in [0.29, 0.717) is 17.1 Å². The molecule has 0 radical (unpaired) electrons. The Morgan fingerprint density at radius 1 is 1.17 bits per heavy atom. The lowest BCUT2D eigenvalue weighted by Gasteiger charge is -2.58. The quantitative estimate of drug-likeness (QED) is 0.638. The second-order valence-electron chi connectivity index (χ2n) is 9.10. The number of ketones is 1. The highest BCUT2D eigenvalue weighted by molar-refractivity contribution is 5.87. The number of Topliss-reactive ketones (excluding diaryl/α,β-unsaturated/α-hetero) is 1. The molecule has 0 bridgehead atoms. The minimum atomic E-state index is 0.00757. The molecule has 0 N–H and O–H groups in total. The van der Waals surface area contributed by atoms with Gasteiger partial charge in [0.05, 0.1) is 0 Å². The van der Waals surface area contributed by atoms with Gasteiger partial charge in [-0.3, -0.25) is 4.79 Å². The largest absolute Gasteiger partial charge is 0.299 e. The predicted molar refractivity (Wildman–Crippen MR) is 95.0 cm³/mol. The fourth-order valence-electron chi connectivity index (χ4n) is 6.99. The first-order chi connectivity index (χ1) is 11.0. The Morgan fingerprint density at radius 3 is 2.78 bits per heavy atom. The van der Waals surface area contributed by atoms with Gasteiger partial charge in [0.2, 0.25) is 0 Å². The van der Waals surface area contributed by atoms with Gasteiger partial charge in [-0.05, 0) is 73.2 Å². The first kappa shape index (κ1) is 15.7. The molecule has 0 amide bonds. The van der Waals surface area contributed by atoms with E-state index < -0.39 is 0 Å². The fourth-order valence-corrected chi connectivity index (χ4v) is 6.99. The Kier molecular flexibility index (Phi) is 3.63. The van der Waals surface area contributed by atoms with Gasteiger partial charge >= 0.3 is 0 Å². The SMILES string of the molecule is CCCC1CC=CC2=CC[C@H]3[C@@H]4CCC(=O)[C@@]4(C)CC[C@@H]3[C@]21C. The summed E-state index contributed by atoms with van der Waals surface area (Å²) < 4.78 is 0. The summed E-state index contributed by atoms with van der Waals surface area (Å²) in [4.78, 5) is 12.5. The first-order valence-electron chi connectivity index (χ1n) is 9.92. The summed E-state index contributed by atoms with van der Waals surface area (Å²) >= 11 is 0. The van der Waals surface area contributed by atoms with E-state index >= 15 is 0 Å². The van der Waals surface area contributed by atoms with Crippen LogP contribution in [-0.2, 0) is 4.79 Å². The predicted octanol–water partition coefficient (Wildman–Crippen LogP) is 5.71. The van der Waals surface area contributed by atoms with Crippen LogP contribution in [-0.4, -0.2) is 5.78 Å². The van der Waals surface area contributed by atoms with Gasteiger partial charge in [-0.2, -0.15) is 0 Å². The summed E-state index contributed by atoms with van der Waals surface area (Å²) in [5.41, 5.74) is 1.99. The van der Waals surface area contributed by atoms with Crippen LogP contribution in [0.5, 0.6) is 0 Å². The van der Waals surface area contributed by atoms with Crippen molar-refractivity contribution in [1.29, 1.82) is 0 Å². The van der Waals surface area contributed by atoms with E-state index in [1.54, 1.807) is 5.57 Å². The lowest BCUT2D eigenvalue weighted by Crippen LogP contribution is -2.51. The van der Waals surface area contributed by atoms with Crippen molar-refractivity contribution >= 4 is 5.78 Å². The van der Waals surface area contributed by atoms with Gasteiger partial charge in [0.15, 0.2) is 0 Å². The maximum atomic E-state index is 12.5. The van der Waals surface area contributed by atoms with Crippen LogP contribution < -0.4 is 0 Å². The van der Waals surface area contributed by atoms with Gasteiger partial charge in [0.1, 0.15) is 5.78 Å². The van der Waals surface area contributed by atoms with E-state index in [9.17, 15) is 4.79 Å². The van der Waals surface area contributed by atoms with Gasteiger partial charge in [0, 0.05) is 11.8 Å². The van der Waals surface area contributed by atoms with E-state index in [-0.39, 0.29) is 5.41 Å². The Morgan fingerprint density at radius 2 is 2.00 bits per heavy atom. The van der Waals surface area contributed by atoms with Crippen LogP contribution in [0.1, 0.15) is 72.1 Å². The molecule has 0 aromatic heterocycles. The van der Waals surface area contributed by atoms with E-state index in [0.717, 1.165) is 37.0 Å². The normalized spacial score (nSPS) is 48.5. The first-order valence-corrected chi connectivity index (χ1v) is 9.92. The van der Waals surface area contributed by atoms with Crippen molar-refractivity contribution in [2.24, 2.45) is 34.5 Å². The third kappa shape index (κ3) is 2.01. The van der Waals surface area contributed by atoms with Gasteiger partial charge in [-0.25, -0.2) is 0 Å². The number of allylic oxidation sites excluding steroid dienone is 4. The second-order valence-corrected chi connectivity index (χ2v) is 9.10. The van der Waals surface area contributed by atoms with Crippen molar-refractivity contribution in [3.63, 3.8) is 0 Å². The number of fused-ring (bicyclic) bond motifs is 5. The number of rotatable bonds is 2. The number of hydrogen-bond donors (Lipinski definition) is 0. The van der Waals surface area contributed by atoms with Gasteiger partial charge in [-0.15, -0.1) is 0 Å². The van der Waals surface area contributed by atoms with Crippen molar-refractivity contribution in [3.05, 3.63) is 23.8 Å². The van der Waals surface area contributed by atoms with Crippen LogP contribution in [0.15, 0.2) is 23.8 Å². The molecular formula is C22H32O. The smallest absolute Gasteiger partial charge is 0.139 e. The van der Waals surface area contributed by atoms with Crippen LogP contribution in [0.25, 0.3) is 0 Å². The molecule has 6 atom stereocenters. The third-order valence-corrected chi connectivity index (χ3v) is 8.35. The average molecular weight is 312 g/mol. The van der Waals surface area contributed by atoms with Gasteiger partial charge < -0.3 is 0 Å². The van der Waals surface area contributed by atoms with E-state index in [2.05, 4.69) is 39.0 Å². The number of carbonyl (C=O) groups is 1. The van der Waals surface area contributed by atoms with Crippen molar-refractivity contribution in [2.45, 2.75) is 72.1 Å². The third-order valence-electron chi connectivity index (χ3n) is 8.35. The van der Waals surface area contributed by atoms with E-state index in [1.807, 2.05) is 0 Å². The summed E-state index contributed by atoms with van der Waals surface area (Å²) in [5.74, 6) is 3.57. The molecule has 23 heavy (non-hydrogen) atoms. The highest BCUT2D eigenvalue weighted by atomic mass is 16.1. The zero-order valence-electron chi connectivity index (χ0n) is 15.1. The van der Waals surface area contributed by atoms with Crippen molar-refractivity contribution in [2.75, 3.05) is 0 Å².